The summed E-state index contributed by atoms with van der Waals surface area (Å²) in [5, 5.41) is 0. The van der Waals surface area contributed by atoms with Crippen molar-refractivity contribution >= 4 is 5.71 Å². The monoisotopic (exact) mass is 316 g/mol. The van der Waals surface area contributed by atoms with Gasteiger partial charge in [-0.15, -0.1) is 0 Å². The number of rotatable bonds is 5. The molecule has 0 saturated carbocycles. The Bertz CT molecular complexity index is 543. The van der Waals surface area contributed by atoms with E-state index in [0.29, 0.717) is 18.9 Å². The second-order valence-electron chi connectivity index (χ2n) is 5.53. The number of allylic oxidation sites excluding steroid dienone is 3. The van der Waals surface area contributed by atoms with Crippen molar-refractivity contribution in [2.75, 3.05) is 26.3 Å². The summed E-state index contributed by atoms with van der Waals surface area (Å²) < 4.78 is 5.38. The summed E-state index contributed by atoms with van der Waals surface area (Å²) in [6.45, 7) is 12.6. The molecule has 23 heavy (non-hydrogen) atoms. The first-order valence-corrected chi connectivity index (χ1v) is 7.88. The van der Waals surface area contributed by atoms with Crippen LogP contribution >= 0.6 is 0 Å². The first-order chi connectivity index (χ1) is 10.9. The number of hydrogen-bond donors (Lipinski definition) is 2. The lowest BCUT2D eigenvalue weighted by Gasteiger charge is -2.29. The zero-order valence-corrected chi connectivity index (χ0v) is 14.4. The van der Waals surface area contributed by atoms with Crippen molar-refractivity contribution in [1.29, 1.82) is 0 Å². The van der Waals surface area contributed by atoms with Crippen molar-refractivity contribution in [3.05, 3.63) is 36.2 Å². The zero-order valence-electron chi connectivity index (χ0n) is 14.4. The molecule has 0 aromatic rings. The highest BCUT2D eigenvalue weighted by Gasteiger charge is 2.14. The van der Waals surface area contributed by atoms with Gasteiger partial charge in [0, 0.05) is 13.1 Å². The molecule has 1 unspecified atom stereocenters. The summed E-state index contributed by atoms with van der Waals surface area (Å²) in [5.74, 6) is 6.82. The van der Waals surface area contributed by atoms with Crippen LogP contribution in [0.5, 0.6) is 0 Å². The summed E-state index contributed by atoms with van der Waals surface area (Å²) in [6.07, 6.45) is 5.69. The Balaban J connectivity index is 3.05. The van der Waals surface area contributed by atoms with Crippen LogP contribution in [-0.2, 0) is 4.74 Å². The molecule has 1 fully saturated rings. The number of aliphatic imine (C=N–C) groups is 1. The normalized spacial score (nSPS) is 19.3. The maximum absolute atomic E-state index is 6.21. The second-order valence-corrected chi connectivity index (χ2v) is 5.53. The molecular formula is C18H28N4O. The summed E-state index contributed by atoms with van der Waals surface area (Å²) in [6, 6.07) is -0.621. The van der Waals surface area contributed by atoms with Gasteiger partial charge in [-0.3, -0.25) is 0 Å². The molecule has 1 aliphatic rings. The summed E-state index contributed by atoms with van der Waals surface area (Å²) >= 11 is 0. The number of morpholine rings is 1. The summed E-state index contributed by atoms with van der Waals surface area (Å²) in [5.41, 5.74) is 13.5. The summed E-state index contributed by atoms with van der Waals surface area (Å²) in [7, 11) is 0. The van der Waals surface area contributed by atoms with Crippen LogP contribution in [-0.4, -0.2) is 49.0 Å². The van der Waals surface area contributed by atoms with Crippen LogP contribution in [0, 0.1) is 11.8 Å². The van der Waals surface area contributed by atoms with E-state index < -0.39 is 6.04 Å². The smallest absolute Gasteiger partial charge is 0.125 e. The van der Waals surface area contributed by atoms with Crippen LogP contribution in [0.2, 0.25) is 0 Å². The Morgan fingerprint density at radius 1 is 1.35 bits per heavy atom. The van der Waals surface area contributed by atoms with Gasteiger partial charge < -0.3 is 21.1 Å². The van der Waals surface area contributed by atoms with E-state index in [1.54, 1.807) is 0 Å². The first kappa shape index (κ1) is 19.2. The van der Waals surface area contributed by atoms with E-state index in [4.69, 9.17) is 16.2 Å². The minimum atomic E-state index is -0.394. The van der Waals surface area contributed by atoms with Gasteiger partial charge in [0.05, 0.1) is 25.3 Å². The highest BCUT2D eigenvalue weighted by molar-refractivity contribution is 6.06. The Morgan fingerprint density at radius 3 is 2.52 bits per heavy atom. The predicted octanol–water partition coefficient (Wildman–Crippen LogP) is 1.43. The lowest BCUT2D eigenvalue weighted by Crippen LogP contribution is -2.36. The van der Waals surface area contributed by atoms with Gasteiger partial charge in [0.15, 0.2) is 0 Å². The zero-order chi connectivity index (χ0) is 17.2. The standard InChI is InChI=1S/C18H28N4O/c1-5-18(22-10-12-23-13-11-22)21-17(9-7-15(4)19)16(20)8-6-14(2)3/h5-6,8,15-16H,2,10-13,19-20H2,1,3-4H3/b8-6-,18-5+,21-17-/t15-,16?/m1/s1. The predicted molar refractivity (Wildman–Crippen MR) is 96.9 cm³/mol. The average Bonchev–Trinajstić information content (AvgIpc) is 2.53. The van der Waals surface area contributed by atoms with Gasteiger partial charge in [-0.2, -0.15) is 0 Å². The minimum Gasteiger partial charge on any atom is -0.378 e. The molecule has 4 N–H and O–H groups in total. The van der Waals surface area contributed by atoms with Crippen LogP contribution in [0.4, 0.5) is 0 Å². The molecule has 0 spiro atoms. The molecule has 0 aromatic carbocycles. The van der Waals surface area contributed by atoms with Crippen molar-refractivity contribution < 1.29 is 4.74 Å². The Labute approximate surface area is 139 Å². The first-order valence-electron chi connectivity index (χ1n) is 7.88. The molecule has 0 aromatic heterocycles. The maximum Gasteiger partial charge on any atom is 0.125 e. The number of nitrogens with two attached hydrogens (primary N) is 2. The highest BCUT2D eigenvalue weighted by Crippen LogP contribution is 2.10. The van der Waals surface area contributed by atoms with E-state index in [-0.39, 0.29) is 6.04 Å². The fourth-order valence-corrected chi connectivity index (χ4v) is 1.97. The molecule has 1 rings (SSSR count). The molecular weight excluding hydrogens is 288 g/mol. The molecule has 0 bridgehead atoms. The fourth-order valence-electron chi connectivity index (χ4n) is 1.97. The number of hydrogen-bond acceptors (Lipinski definition) is 5. The van der Waals surface area contributed by atoms with Gasteiger partial charge in [-0.1, -0.05) is 30.2 Å². The molecule has 1 saturated heterocycles. The van der Waals surface area contributed by atoms with Gasteiger partial charge in [-0.05, 0) is 32.8 Å². The van der Waals surface area contributed by atoms with Crippen LogP contribution in [0.1, 0.15) is 20.8 Å². The third-order valence-corrected chi connectivity index (χ3v) is 3.16. The van der Waals surface area contributed by atoms with Crippen LogP contribution in [0.25, 0.3) is 0 Å². The third-order valence-electron chi connectivity index (χ3n) is 3.16. The van der Waals surface area contributed by atoms with Crippen LogP contribution in [0.15, 0.2) is 41.2 Å². The molecule has 0 aliphatic carbocycles. The highest BCUT2D eigenvalue weighted by atomic mass is 16.5. The number of ether oxygens (including phenoxy) is 1. The molecule has 5 heteroatoms. The van der Waals surface area contributed by atoms with Crippen molar-refractivity contribution in [3.63, 3.8) is 0 Å². The van der Waals surface area contributed by atoms with E-state index in [9.17, 15) is 0 Å². The minimum absolute atomic E-state index is 0.227. The van der Waals surface area contributed by atoms with Crippen molar-refractivity contribution in [2.24, 2.45) is 16.5 Å². The summed E-state index contributed by atoms with van der Waals surface area (Å²) in [4.78, 5) is 6.85. The molecule has 1 aliphatic heterocycles. The fraction of sp³-hybridized carbons (Fsp3) is 0.500. The quantitative estimate of drug-likeness (QED) is 0.457. The Hall–Kier alpha value is -1.87. The van der Waals surface area contributed by atoms with Crippen molar-refractivity contribution in [1.82, 2.24) is 4.90 Å². The van der Waals surface area contributed by atoms with Gasteiger partial charge in [0.25, 0.3) is 0 Å². The van der Waals surface area contributed by atoms with E-state index in [2.05, 4.69) is 28.3 Å². The van der Waals surface area contributed by atoms with Gasteiger partial charge in [0.1, 0.15) is 11.5 Å². The largest absolute Gasteiger partial charge is 0.378 e. The molecule has 0 radical (unpaired) electrons. The van der Waals surface area contributed by atoms with Gasteiger partial charge in [-0.25, -0.2) is 4.99 Å². The Kier molecular flexibility index (Phi) is 8.35. The van der Waals surface area contributed by atoms with Crippen molar-refractivity contribution in [3.8, 4) is 11.8 Å². The molecule has 126 valence electrons. The van der Waals surface area contributed by atoms with Crippen molar-refractivity contribution in [2.45, 2.75) is 32.9 Å². The molecule has 0 amide bonds. The lowest BCUT2D eigenvalue weighted by molar-refractivity contribution is 0.0531. The van der Waals surface area contributed by atoms with Crippen LogP contribution < -0.4 is 11.5 Å². The topological polar surface area (TPSA) is 76.9 Å². The Morgan fingerprint density at radius 2 is 2.00 bits per heavy atom. The number of nitrogens with zero attached hydrogens (tertiary/aromatic N) is 2. The lowest BCUT2D eigenvalue weighted by atomic mass is 10.1. The third kappa shape index (κ3) is 7.29. The van der Waals surface area contributed by atoms with Crippen LogP contribution in [0.3, 0.4) is 0 Å². The van der Waals surface area contributed by atoms with E-state index >= 15 is 0 Å². The molecule has 5 nitrogen and oxygen atoms in total. The van der Waals surface area contributed by atoms with E-state index in [1.165, 1.54) is 0 Å². The average molecular weight is 316 g/mol. The SMILES string of the molecule is C=C(C)/C=C\C(N)/C(C#C[C@@H](C)N)=N\C(=C/C)N1CCOCC1. The maximum atomic E-state index is 6.21. The van der Waals surface area contributed by atoms with E-state index in [1.807, 2.05) is 39.0 Å². The van der Waals surface area contributed by atoms with E-state index in [0.717, 1.165) is 24.5 Å². The van der Waals surface area contributed by atoms with Gasteiger partial charge >= 0.3 is 0 Å². The second kappa shape index (κ2) is 10.0. The van der Waals surface area contributed by atoms with Gasteiger partial charge in [0.2, 0.25) is 0 Å². The molecule has 2 atom stereocenters. The molecule has 1 heterocycles.